The van der Waals surface area contributed by atoms with Crippen LogP contribution in [0.4, 0.5) is 0 Å². The summed E-state index contributed by atoms with van der Waals surface area (Å²) < 4.78 is 33.8. The number of hydrogen-bond donors (Lipinski definition) is 2. The summed E-state index contributed by atoms with van der Waals surface area (Å²) in [7, 11) is -2.34. The summed E-state index contributed by atoms with van der Waals surface area (Å²) in [5.74, 6) is -0.811. The number of carboxylic acid groups (broad SMARTS) is 1. The Morgan fingerprint density at radius 2 is 1.91 bits per heavy atom. The fourth-order valence-electron chi connectivity index (χ4n) is 4.33. The fourth-order valence-corrected chi connectivity index (χ4v) is 5.82. The van der Waals surface area contributed by atoms with Crippen LogP contribution in [-0.4, -0.2) is 43.6 Å². The molecule has 0 saturated carbocycles. The van der Waals surface area contributed by atoms with E-state index in [0.717, 1.165) is 0 Å². The summed E-state index contributed by atoms with van der Waals surface area (Å²) in [5.41, 5.74) is 2.79. The van der Waals surface area contributed by atoms with E-state index in [4.69, 9.17) is 4.74 Å². The Hall–Kier alpha value is -3.59. The average Bonchev–Trinajstić information content (AvgIpc) is 3.06. The number of carbonyl (C=O) groups is 2. The molecule has 4 rings (SSSR count). The van der Waals surface area contributed by atoms with Crippen LogP contribution in [0.15, 0.2) is 58.3 Å². The van der Waals surface area contributed by atoms with Gasteiger partial charge in [-0.15, -0.1) is 0 Å². The van der Waals surface area contributed by atoms with Gasteiger partial charge in [0.05, 0.1) is 22.5 Å². The number of carboxylic acids is 1. The minimum absolute atomic E-state index is 0.116. The van der Waals surface area contributed by atoms with Gasteiger partial charge in [-0.1, -0.05) is 18.2 Å². The Bertz CT molecular complexity index is 1340. The molecule has 2 N–H and O–H groups in total. The van der Waals surface area contributed by atoms with Crippen LogP contribution in [0.5, 0.6) is 5.75 Å². The van der Waals surface area contributed by atoms with Crippen LogP contribution in [0.1, 0.15) is 32.9 Å². The molecule has 0 aliphatic carbocycles. The van der Waals surface area contributed by atoms with E-state index in [0.29, 0.717) is 46.8 Å². The Morgan fingerprint density at radius 3 is 2.58 bits per heavy atom. The predicted molar refractivity (Wildman–Crippen MR) is 121 cm³/mol. The molecule has 9 heteroatoms. The summed E-state index contributed by atoms with van der Waals surface area (Å²) in [6.45, 7) is 1.91. The molecule has 0 radical (unpaired) electrons. The maximum Gasteiger partial charge on any atom is 0.323 e. The number of sulfone groups is 1. The second-order valence-electron chi connectivity index (χ2n) is 7.84. The first-order valence-electron chi connectivity index (χ1n) is 10.4. The Labute approximate surface area is 191 Å². The van der Waals surface area contributed by atoms with Crippen molar-refractivity contribution >= 4 is 21.7 Å². The molecular weight excluding hydrogens is 444 g/mol. The van der Waals surface area contributed by atoms with Crippen molar-refractivity contribution in [3.63, 3.8) is 0 Å². The summed E-state index contributed by atoms with van der Waals surface area (Å²) >= 11 is 0. The minimum Gasteiger partial charge on any atom is -0.497 e. The molecule has 0 spiro atoms. The molecule has 2 heterocycles. The quantitative estimate of drug-likeness (QED) is 0.551. The number of fused-ring (bicyclic) bond motifs is 1. The van der Waals surface area contributed by atoms with Crippen molar-refractivity contribution in [2.45, 2.75) is 36.1 Å². The molecule has 1 aromatic heterocycles. The average molecular weight is 469 g/mol. The van der Waals surface area contributed by atoms with Crippen molar-refractivity contribution in [1.29, 1.82) is 0 Å². The zero-order valence-electron chi connectivity index (χ0n) is 18.3. The van der Waals surface area contributed by atoms with E-state index < -0.39 is 15.8 Å². The van der Waals surface area contributed by atoms with E-state index in [1.165, 1.54) is 25.3 Å². The van der Waals surface area contributed by atoms with Crippen molar-refractivity contribution in [1.82, 2.24) is 9.88 Å². The minimum atomic E-state index is -3.83. The molecule has 0 fully saturated rings. The van der Waals surface area contributed by atoms with Gasteiger partial charge < -0.3 is 19.7 Å². The third kappa shape index (κ3) is 4.11. The number of rotatable bonds is 7. The lowest BCUT2D eigenvalue weighted by Crippen LogP contribution is -2.33. The number of amides is 1. The highest BCUT2D eigenvalue weighted by Crippen LogP contribution is 2.33. The second kappa shape index (κ2) is 8.74. The van der Waals surface area contributed by atoms with Crippen molar-refractivity contribution in [2.24, 2.45) is 0 Å². The zero-order valence-corrected chi connectivity index (χ0v) is 19.1. The van der Waals surface area contributed by atoms with Gasteiger partial charge in [0.15, 0.2) is 0 Å². The zero-order chi connectivity index (χ0) is 23.8. The molecule has 0 unspecified atom stereocenters. The van der Waals surface area contributed by atoms with E-state index in [1.807, 2.05) is 0 Å². The van der Waals surface area contributed by atoms with Gasteiger partial charge in [0.25, 0.3) is 5.91 Å². The highest BCUT2D eigenvalue weighted by Gasteiger charge is 2.30. The molecular formula is C24H24N2O6S. The molecule has 8 nitrogen and oxygen atoms in total. The Balaban J connectivity index is 1.89. The van der Waals surface area contributed by atoms with Crippen LogP contribution < -0.4 is 10.1 Å². The van der Waals surface area contributed by atoms with Crippen molar-refractivity contribution in [3.8, 4) is 5.75 Å². The highest BCUT2D eigenvalue weighted by atomic mass is 32.2. The lowest BCUT2D eigenvalue weighted by atomic mass is 9.97. The molecule has 0 bridgehead atoms. The molecule has 2 aromatic carbocycles. The Morgan fingerprint density at radius 1 is 1.18 bits per heavy atom. The SMILES string of the molecule is COc1ccc(S(=O)(=O)c2ccccc2)c(Cc2c3c(n(CC(=O)O)c2C)CCNC3=O)c1. The van der Waals surface area contributed by atoms with Gasteiger partial charge in [-0.25, -0.2) is 8.42 Å². The monoisotopic (exact) mass is 468 g/mol. The molecule has 33 heavy (non-hydrogen) atoms. The normalized spacial score (nSPS) is 13.3. The molecule has 3 aromatic rings. The number of ether oxygens (including phenoxy) is 1. The largest absolute Gasteiger partial charge is 0.497 e. The van der Waals surface area contributed by atoms with Crippen molar-refractivity contribution < 1.29 is 27.9 Å². The lowest BCUT2D eigenvalue weighted by Gasteiger charge is -2.17. The van der Waals surface area contributed by atoms with Gasteiger partial charge in [0.2, 0.25) is 9.84 Å². The highest BCUT2D eigenvalue weighted by molar-refractivity contribution is 7.91. The topological polar surface area (TPSA) is 115 Å². The number of nitrogens with zero attached hydrogens (tertiary/aromatic N) is 1. The number of nitrogens with one attached hydrogen (secondary N) is 1. The summed E-state index contributed by atoms with van der Waals surface area (Å²) in [6.07, 6.45) is 0.634. The first-order valence-corrected chi connectivity index (χ1v) is 11.9. The molecule has 1 amide bonds. The van der Waals surface area contributed by atoms with Crippen LogP contribution in [0, 0.1) is 6.92 Å². The second-order valence-corrected chi connectivity index (χ2v) is 9.76. The molecule has 0 atom stereocenters. The maximum absolute atomic E-state index is 13.4. The summed E-state index contributed by atoms with van der Waals surface area (Å²) in [4.78, 5) is 24.5. The smallest absolute Gasteiger partial charge is 0.323 e. The molecule has 0 saturated heterocycles. The molecule has 172 valence electrons. The standard InChI is InChI=1S/C24H24N2O6S/c1-15-19(23-20(10-11-25-24(23)29)26(15)14-22(27)28)13-16-12-17(32-2)8-9-21(16)33(30,31)18-6-4-3-5-7-18/h3-9,12H,10-11,13-14H2,1-2H3,(H,25,29)(H,27,28). The third-order valence-corrected chi connectivity index (χ3v) is 7.77. The molecule has 1 aliphatic rings. The van der Waals surface area contributed by atoms with Gasteiger partial charge in [-0.3, -0.25) is 9.59 Å². The lowest BCUT2D eigenvalue weighted by molar-refractivity contribution is -0.137. The fraction of sp³-hybridized carbons (Fsp3) is 0.250. The van der Waals surface area contributed by atoms with Gasteiger partial charge in [0, 0.05) is 30.8 Å². The first kappa shape index (κ1) is 22.6. The van der Waals surface area contributed by atoms with Gasteiger partial charge >= 0.3 is 5.97 Å². The number of carbonyl (C=O) groups excluding carboxylic acids is 1. The number of aliphatic carboxylic acids is 1. The van der Waals surface area contributed by atoms with Crippen LogP contribution in [0.25, 0.3) is 0 Å². The first-order chi connectivity index (χ1) is 15.7. The van der Waals surface area contributed by atoms with E-state index in [2.05, 4.69) is 5.32 Å². The maximum atomic E-state index is 13.4. The number of methoxy groups -OCH3 is 1. The van der Waals surface area contributed by atoms with Gasteiger partial charge in [0.1, 0.15) is 12.3 Å². The number of benzene rings is 2. The van der Waals surface area contributed by atoms with Crippen LogP contribution in [0.3, 0.4) is 0 Å². The van der Waals surface area contributed by atoms with Crippen LogP contribution >= 0.6 is 0 Å². The van der Waals surface area contributed by atoms with Gasteiger partial charge in [-0.2, -0.15) is 0 Å². The van der Waals surface area contributed by atoms with Crippen molar-refractivity contribution in [2.75, 3.05) is 13.7 Å². The summed E-state index contributed by atoms with van der Waals surface area (Å²) in [6, 6.07) is 12.9. The van der Waals surface area contributed by atoms with E-state index in [9.17, 15) is 23.1 Å². The number of aromatic nitrogens is 1. The van der Waals surface area contributed by atoms with Crippen LogP contribution in [-0.2, 0) is 34.0 Å². The summed E-state index contributed by atoms with van der Waals surface area (Å²) in [5, 5.41) is 12.2. The third-order valence-electron chi connectivity index (χ3n) is 5.90. The van der Waals surface area contributed by atoms with Crippen LogP contribution in [0.2, 0.25) is 0 Å². The van der Waals surface area contributed by atoms with Gasteiger partial charge in [-0.05, 0) is 48.4 Å². The Kier molecular flexibility index (Phi) is 5.99. The predicted octanol–water partition coefficient (Wildman–Crippen LogP) is 2.60. The van der Waals surface area contributed by atoms with Crippen molar-refractivity contribution in [3.05, 3.63) is 76.6 Å². The molecule has 1 aliphatic heterocycles. The van der Waals surface area contributed by atoms with E-state index in [-0.39, 0.29) is 28.7 Å². The van der Waals surface area contributed by atoms with E-state index >= 15 is 0 Å². The number of hydrogen-bond acceptors (Lipinski definition) is 5. The van der Waals surface area contributed by atoms with E-state index in [1.54, 1.807) is 41.8 Å².